The van der Waals surface area contributed by atoms with Crippen LogP contribution in [0.2, 0.25) is 0 Å². The van der Waals surface area contributed by atoms with Crippen LogP contribution in [-0.4, -0.2) is 19.6 Å². The van der Waals surface area contributed by atoms with Gasteiger partial charge in [-0.05, 0) is 35.8 Å². The number of rotatable bonds is 8. The quantitative estimate of drug-likeness (QED) is 0.721. The van der Waals surface area contributed by atoms with Crippen LogP contribution in [0.25, 0.3) is 6.08 Å². The number of halogens is 1. The number of methoxy groups -OCH3 is 1. The van der Waals surface area contributed by atoms with Crippen molar-refractivity contribution in [1.82, 2.24) is 5.32 Å². The van der Waals surface area contributed by atoms with Crippen molar-refractivity contribution in [2.24, 2.45) is 5.92 Å². The van der Waals surface area contributed by atoms with E-state index in [0.29, 0.717) is 29.6 Å². The lowest BCUT2D eigenvalue weighted by atomic mass is 10.1. The first-order valence-electron chi connectivity index (χ1n) is 8.49. The van der Waals surface area contributed by atoms with Gasteiger partial charge in [-0.2, -0.15) is 0 Å². The molecule has 0 aliphatic heterocycles. The van der Waals surface area contributed by atoms with Gasteiger partial charge in [-0.1, -0.05) is 38.1 Å². The summed E-state index contributed by atoms with van der Waals surface area (Å²) in [5.74, 6) is 1.06. The molecular weight excluding hydrogens is 333 g/mol. The van der Waals surface area contributed by atoms with E-state index in [0.717, 1.165) is 5.56 Å². The largest absolute Gasteiger partial charge is 0.493 e. The average molecular weight is 357 g/mol. The zero-order chi connectivity index (χ0) is 18.9. The molecule has 0 fully saturated rings. The smallest absolute Gasteiger partial charge is 0.244 e. The van der Waals surface area contributed by atoms with Crippen molar-refractivity contribution >= 4 is 12.0 Å². The summed E-state index contributed by atoms with van der Waals surface area (Å²) >= 11 is 0. The number of hydrogen-bond donors (Lipinski definition) is 1. The molecule has 0 bridgehead atoms. The lowest BCUT2D eigenvalue weighted by Gasteiger charge is -2.12. The second kappa shape index (κ2) is 9.61. The molecule has 2 rings (SSSR count). The fraction of sp³-hybridized carbons (Fsp3) is 0.286. The summed E-state index contributed by atoms with van der Waals surface area (Å²) in [5.41, 5.74) is 1.25. The first-order chi connectivity index (χ1) is 12.5. The van der Waals surface area contributed by atoms with Gasteiger partial charge in [-0.25, -0.2) is 4.39 Å². The van der Waals surface area contributed by atoms with Gasteiger partial charge in [0.15, 0.2) is 11.5 Å². The third-order valence-corrected chi connectivity index (χ3v) is 3.60. The molecule has 1 N–H and O–H groups in total. The number of amides is 1. The van der Waals surface area contributed by atoms with E-state index in [1.165, 1.54) is 12.1 Å². The monoisotopic (exact) mass is 357 g/mol. The minimum absolute atomic E-state index is 0.140. The summed E-state index contributed by atoms with van der Waals surface area (Å²) in [4.78, 5) is 11.9. The van der Waals surface area contributed by atoms with Crippen molar-refractivity contribution < 1.29 is 18.7 Å². The molecule has 26 heavy (non-hydrogen) atoms. The minimum Gasteiger partial charge on any atom is -0.493 e. The Labute approximate surface area is 153 Å². The van der Waals surface area contributed by atoms with Crippen LogP contribution in [0.3, 0.4) is 0 Å². The highest BCUT2D eigenvalue weighted by Gasteiger charge is 2.06. The Morgan fingerprint density at radius 2 is 1.96 bits per heavy atom. The van der Waals surface area contributed by atoms with Crippen LogP contribution in [0.1, 0.15) is 25.0 Å². The van der Waals surface area contributed by atoms with Crippen LogP contribution in [0.4, 0.5) is 4.39 Å². The van der Waals surface area contributed by atoms with Gasteiger partial charge >= 0.3 is 0 Å². The molecule has 138 valence electrons. The SMILES string of the molecule is COc1cc(/C=C/C(=O)NCc2ccccc2F)ccc1OCC(C)C. The average Bonchev–Trinajstić information content (AvgIpc) is 2.64. The van der Waals surface area contributed by atoms with E-state index >= 15 is 0 Å². The standard InChI is InChI=1S/C21H24FNO3/c1-15(2)14-26-19-10-8-16(12-20(19)25-3)9-11-21(24)23-13-17-6-4-5-7-18(17)22/h4-12,15H,13-14H2,1-3H3,(H,23,24)/b11-9+. The number of carbonyl (C=O) groups is 1. The Hall–Kier alpha value is -2.82. The van der Waals surface area contributed by atoms with Gasteiger partial charge in [0.1, 0.15) is 5.82 Å². The molecule has 0 saturated heterocycles. The zero-order valence-electron chi connectivity index (χ0n) is 15.3. The van der Waals surface area contributed by atoms with Crippen LogP contribution in [0.15, 0.2) is 48.5 Å². The molecule has 0 aliphatic rings. The lowest BCUT2D eigenvalue weighted by molar-refractivity contribution is -0.116. The zero-order valence-corrected chi connectivity index (χ0v) is 15.3. The summed E-state index contributed by atoms with van der Waals surface area (Å²) in [6.07, 6.45) is 3.08. The van der Waals surface area contributed by atoms with E-state index in [1.807, 2.05) is 12.1 Å². The molecule has 0 atom stereocenters. The van der Waals surface area contributed by atoms with Crippen molar-refractivity contribution in [1.29, 1.82) is 0 Å². The highest BCUT2D eigenvalue weighted by atomic mass is 19.1. The summed E-state index contributed by atoms with van der Waals surface area (Å²) in [5, 5.41) is 2.66. The summed E-state index contributed by atoms with van der Waals surface area (Å²) in [7, 11) is 1.58. The maximum absolute atomic E-state index is 13.5. The molecule has 0 spiro atoms. The lowest BCUT2D eigenvalue weighted by Crippen LogP contribution is -2.20. The van der Waals surface area contributed by atoms with Gasteiger partial charge in [-0.3, -0.25) is 4.79 Å². The molecule has 0 radical (unpaired) electrons. The normalized spacial score (nSPS) is 11.0. The predicted octanol–water partition coefficient (Wildman–Crippen LogP) is 4.20. The Balaban J connectivity index is 1.96. The molecule has 0 aliphatic carbocycles. The van der Waals surface area contributed by atoms with Crippen molar-refractivity contribution in [3.8, 4) is 11.5 Å². The molecule has 5 heteroatoms. The third-order valence-electron chi connectivity index (χ3n) is 3.60. The first kappa shape index (κ1) is 19.5. The Morgan fingerprint density at radius 1 is 1.19 bits per heavy atom. The van der Waals surface area contributed by atoms with Gasteiger partial charge in [0.25, 0.3) is 0 Å². The number of nitrogens with one attached hydrogen (secondary N) is 1. The van der Waals surface area contributed by atoms with E-state index in [1.54, 1.807) is 37.5 Å². The number of carbonyl (C=O) groups excluding carboxylic acids is 1. The number of benzene rings is 2. The van der Waals surface area contributed by atoms with E-state index in [9.17, 15) is 9.18 Å². The highest BCUT2D eigenvalue weighted by molar-refractivity contribution is 5.91. The van der Waals surface area contributed by atoms with Crippen molar-refractivity contribution in [3.63, 3.8) is 0 Å². The minimum atomic E-state index is -0.335. The van der Waals surface area contributed by atoms with E-state index in [4.69, 9.17) is 9.47 Å². The second-order valence-corrected chi connectivity index (χ2v) is 6.26. The molecule has 4 nitrogen and oxygen atoms in total. The molecule has 0 unspecified atom stereocenters. The molecule has 2 aromatic rings. The predicted molar refractivity (Wildman–Crippen MR) is 101 cm³/mol. The topological polar surface area (TPSA) is 47.6 Å². The van der Waals surface area contributed by atoms with Crippen LogP contribution < -0.4 is 14.8 Å². The summed E-state index contributed by atoms with van der Waals surface area (Å²) in [6, 6.07) is 11.8. The van der Waals surface area contributed by atoms with Gasteiger partial charge in [-0.15, -0.1) is 0 Å². The number of hydrogen-bond acceptors (Lipinski definition) is 3. The fourth-order valence-electron chi connectivity index (χ4n) is 2.22. The van der Waals surface area contributed by atoms with Gasteiger partial charge < -0.3 is 14.8 Å². The summed E-state index contributed by atoms with van der Waals surface area (Å²) in [6.45, 7) is 4.89. The molecule has 0 saturated carbocycles. The second-order valence-electron chi connectivity index (χ2n) is 6.26. The van der Waals surface area contributed by atoms with Crippen LogP contribution in [-0.2, 0) is 11.3 Å². The van der Waals surface area contributed by atoms with Crippen LogP contribution in [0.5, 0.6) is 11.5 Å². The maximum atomic E-state index is 13.5. The molecule has 1 amide bonds. The Kier molecular flexibility index (Phi) is 7.21. The molecule has 0 aromatic heterocycles. The fourth-order valence-corrected chi connectivity index (χ4v) is 2.22. The van der Waals surface area contributed by atoms with Crippen molar-refractivity contribution in [2.75, 3.05) is 13.7 Å². The Morgan fingerprint density at radius 3 is 2.65 bits per heavy atom. The maximum Gasteiger partial charge on any atom is 0.244 e. The van der Waals surface area contributed by atoms with Crippen LogP contribution in [0, 0.1) is 11.7 Å². The van der Waals surface area contributed by atoms with Gasteiger partial charge in [0.05, 0.1) is 13.7 Å². The molecular formula is C21H24FNO3. The van der Waals surface area contributed by atoms with Crippen LogP contribution >= 0.6 is 0 Å². The number of ether oxygens (including phenoxy) is 2. The molecule has 2 aromatic carbocycles. The van der Waals surface area contributed by atoms with Gasteiger partial charge in [0, 0.05) is 18.2 Å². The van der Waals surface area contributed by atoms with E-state index in [2.05, 4.69) is 19.2 Å². The highest BCUT2D eigenvalue weighted by Crippen LogP contribution is 2.28. The van der Waals surface area contributed by atoms with Crippen molar-refractivity contribution in [3.05, 3.63) is 65.5 Å². The van der Waals surface area contributed by atoms with E-state index in [-0.39, 0.29) is 18.3 Å². The third kappa shape index (κ3) is 5.92. The Bertz CT molecular complexity index is 772. The van der Waals surface area contributed by atoms with E-state index < -0.39 is 0 Å². The molecule has 0 heterocycles. The van der Waals surface area contributed by atoms with Crippen molar-refractivity contribution in [2.45, 2.75) is 20.4 Å². The first-order valence-corrected chi connectivity index (χ1v) is 8.49. The summed E-state index contributed by atoms with van der Waals surface area (Å²) < 4.78 is 24.6. The van der Waals surface area contributed by atoms with Gasteiger partial charge in [0.2, 0.25) is 5.91 Å².